The molecule has 1 amide bonds. The largest absolute Gasteiger partial charge is 0.495 e. The number of carbonyl (C=O) groups excluding carboxylic acids is 1. The Hall–Kier alpha value is -4.97. The zero-order valence-corrected chi connectivity index (χ0v) is 25.1. The Morgan fingerprint density at radius 2 is 1.93 bits per heavy atom. The predicted octanol–water partition coefficient (Wildman–Crippen LogP) is 5.10. The summed E-state index contributed by atoms with van der Waals surface area (Å²) in [5.41, 5.74) is 8.32. The van der Waals surface area contributed by atoms with Gasteiger partial charge in [-0.05, 0) is 64.3 Å². The molecule has 1 aromatic carbocycles. The molecule has 12 nitrogen and oxygen atoms in total. The summed E-state index contributed by atoms with van der Waals surface area (Å²) in [4.78, 5) is 22.9. The van der Waals surface area contributed by atoms with Crippen molar-refractivity contribution in [3.63, 3.8) is 0 Å². The summed E-state index contributed by atoms with van der Waals surface area (Å²) in [6.07, 6.45) is 5.14. The summed E-state index contributed by atoms with van der Waals surface area (Å²) in [7, 11) is 3.28. The van der Waals surface area contributed by atoms with E-state index in [1.807, 2.05) is 73.6 Å². The van der Waals surface area contributed by atoms with Crippen LogP contribution in [-0.4, -0.2) is 56.2 Å². The molecule has 0 aliphatic carbocycles. The average molecular weight is 583 g/mol. The normalized spacial score (nSPS) is 12.1. The number of benzene rings is 1. The molecule has 4 aromatic heterocycles. The monoisotopic (exact) mass is 582 g/mol. The molecule has 0 saturated carbocycles. The van der Waals surface area contributed by atoms with Gasteiger partial charge in [-0.15, -0.1) is 0 Å². The molecular weight excluding hydrogens is 548 g/mol. The molecule has 6 rings (SSSR count). The van der Waals surface area contributed by atoms with Crippen LogP contribution in [0.15, 0.2) is 41.2 Å². The Morgan fingerprint density at radius 3 is 2.67 bits per heavy atom. The number of aryl methyl sites for hydroxylation is 4. The third-order valence-electron chi connectivity index (χ3n) is 7.83. The highest BCUT2D eigenvalue weighted by Gasteiger charge is 2.25. The van der Waals surface area contributed by atoms with Gasteiger partial charge in [0.1, 0.15) is 17.3 Å². The molecule has 2 N–H and O–H groups in total. The molecule has 0 spiro atoms. The minimum absolute atomic E-state index is 0.176. The number of nitrogens with one attached hydrogen (secondary N) is 2. The number of hydrogen-bond donors (Lipinski definition) is 2. The highest BCUT2D eigenvalue weighted by molar-refractivity contribution is 6.06. The van der Waals surface area contributed by atoms with E-state index in [4.69, 9.17) is 19.0 Å². The van der Waals surface area contributed by atoms with Crippen molar-refractivity contribution in [1.82, 2.24) is 29.5 Å². The molecule has 0 atom stereocenters. The first-order valence-electron chi connectivity index (χ1n) is 14.1. The third kappa shape index (κ3) is 5.14. The second-order valence-electron chi connectivity index (χ2n) is 10.5. The quantitative estimate of drug-likeness (QED) is 0.243. The van der Waals surface area contributed by atoms with Gasteiger partial charge in [0.25, 0.3) is 5.91 Å². The molecule has 12 heteroatoms. The molecule has 0 saturated heterocycles. The molecular formula is C31H34N8O4. The van der Waals surface area contributed by atoms with E-state index >= 15 is 0 Å². The average Bonchev–Trinajstić information content (AvgIpc) is 3.67. The molecule has 222 valence electrons. The van der Waals surface area contributed by atoms with Gasteiger partial charge >= 0.3 is 0 Å². The molecule has 1 aliphatic heterocycles. The summed E-state index contributed by atoms with van der Waals surface area (Å²) in [5.74, 6) is 2.37. The van der Waals surface area contributed by atoms with Crippen LogP contribution in [0.1, 0.15) is 44.5 Å². The van der Waals surface area contributed by atoms with Gasteiger partial charge in [-0.1, -0.05) is 11.2 Å². The molecule has 0 fully saturated rings. The maximum Gasteiger partial charge on any atom is 0.257 e. The number of carbonyl (C=O) groups is 1. The first-order chi connectivity index (χ1) is 20.8. The zero-order chi connectivity index (χ0) is 30.2. The molecule has 1 aliphatic rings. The first-order valence-corrected chi connectivity index (χ1v) is 14.1. The number of hydrogen-bond acceptors (Lipinski definition) is 9. The van der Waals surface area contributed by atoms with Gasteiger partial charge in [-0.2, -0.15) is 10.1 Å². The van der Waals surface area contributed by atoms with Crippen molar-refractivity contribution in [3.8, 4) is 22.7 Å². The number of amides is 1. The summed E-state index contributed by atoms with van der Waals surface area (Å²) >= 11 is 0. The van der Waals surface area contributed by atoms with E-state index in [-0.39, 0.29) is 5.91 Å². The number of aromatic nitrogens is 6. The lowest BCUT2D eigenvalue weighted by Crippen LogP contribution is -2.19. The summed E-state index contributed by atoms with van der Waals surface area (Å²) in [6, 6.07) is 7.68. The van der Waals surface area contributed by atoms with Gasteiger partial charge in [0.05, 0.1) is 54.3 Å². The summed E-state index contributed by atoms with van der Waals surface area (Å²) in [6.45, 7) is 8.80. The van der Waals surface area contributed by atoms with Crippen molar-refractivity contribution < 1.29 is 18.8 Å². The molecule has 43 heavy (non-hydrogen) atoms. The van der Waals surface area contributed by atoms with Crippen LogP contribution >= 0.6 is 0 Å². The maximum absolute atomic E-state index is 13.5. The first kappa shape index (κ1) is 28.2. The van der Waals surface area contributed by atoms with Crippen LogP contribution in [0, 0.1) is 27.7 Å². The Morgan fingerprint density at radius 1 is 1.09 bits per heavy atom. The van der Waals surface area contributed by atoms with Crippen LogP contribution in [0.4, 0.5) is 17.3 Å². The van der Waals surface area contributed by atoms with E-state index in [0.29, 0.717) is 36.8 Å². The van der Waals surface area contributed by atoms with Gasteiger partial charge in [-0.25, -0.2) is 4.98 Å². The van der Waals surface area contributed by atoms with Crippen LogP contribution in [0.3, 0.4) is 0 Å². The Bertz CT molecular complexity index is 1810. The second kappa shape index (κ2) is 11.4. The lowest BCUT2D eigenvalue weighted by Gasteiger charge is -2.20. The zero-order valence-electron chi connectivity index (χ0n) is 25.1. The number of fused-ring (bicyclic) bond motifs is 3. The van der Waals surface area contributed by atoms with Crippen LogP contribution in [-0.2, 0) is 24.1 Å². The second-order valence-corrected chi connectivity index (χ2v) is 10.5. The Labute approximate surface area is 249 Å². The van der Waals surface area contributed by atoms with Crippen LogP contribution in [0.25, 0.3) is 16.9 Å². The SMILES string of the molecule is COCCn1nc(C)c(NC(=O)c2ccn3c2CCc2cnc(Nc4ccc(-c5c(C)noc5C)cc4OC)nc2-3)c1C. The van der Waals surface area contributed by atoms with Gasteiger partial charge in [-0.3, -0.25) is 9.48 Å². The summed E-state index contributed by atoms with van der Waals surface area (Å²) in [5, 5.41) is 15.0. The number of methoxy groups -OCH3 is 2. The number of rotatable bonds is 9. The highest BCUT2D eigenvalue weighted by Crippen LogP contribution is 2.35. The van der Waals surface area contributed by atoms with E-state index in [2.05, 4.69) is 25.9 Å². The predicted molar refractivity (Wildman–Crippen MR) is 162 cm³/mol. The fourth-order valence-electron chi connectivity index (χ4n) is 5.64. The lowest BCUT2D eigenvalue weighted by atomic mass is 10.0. The van der Waals surface area contributed by atoms with Crippen LogP contribution < -0.4 is 15.4 Å². The minimum atomic E-state index is -0.176. The molecule has 0 unspecified atom stereocenters. The van der Waals surface area contributed by atoms with E-state index in [9.17, 15) is 4.79 Å². The van der Waals surface area contributed by atoms with E-state index in [1.54, 1.807) is 14.2 Å². The van der Waals surface area contributed by atoms with Crippen molar-refractivity contribution in [2.45, 2.75) is 47.1 Å². The molecule has 5 aromatic rings. The van der Waals surface area contributed by atoms with Gasteiger partial charge in [0, 0.05) is 36.3 Å². The standard InChI is InChI=1S/C31H34N8O4/c1-17-27(20(4)43-37-17)21-7-9-24(26(15-21)42-6)33-31-32-16-22-8-10-25-23(11-12-38(25)29(22)35-31)30(40)34-28-18(2)36-39(19(28)3)13-14-41-5/h7,9,11-12,15-16H,8,10,13-14H2,1-6H3,(H,34,40)(H,32,33,35). The highest BCUT2D eigenvalue weighted by atomic mass is 16.5. The Balaban J connectivity index is 1.25. The summed E-state index contributed by atoms with van der Waals surface area (Å²) < 4.78 is 20.0. The van der Waals surface area contributed by atoms with Gasteiger partial charge in [0.15, 0.2) is 0 Å². The van der Waals surface area contributed by atoms with Crippen molar-refractivity contribution >= 4 is 23.2 Å². The van der Waals surface area contributed by atoms with Crippen molar-refractivity contribution in [1.29, 1.82) is 0 Å². The van der Waals surface area contributed by atoms with Crippen LogP contribution in [0.5, 0.6) is 5.75 Å². The topological polar surface area (TPSA) is 134 Å². The third-order valence-corrected chi connectivity index (χ3v) is 7.83. The van der Waals surface area contributed by atoms with E-state index in [0.717, 1.165) is 68.8 Å². The van der Waals surface area contributed by atoms with Gasteiger partial charge in [0.2, 0.25) is 5.95 Å². The minimum Gasteiger partial charge on any atom is -0.495 e. The maximum atomic E-state index is 13.5. The molecule has 5 heterocycles. The van der Waals surface area contributed by atoms with Crippen molar-refractivity contribution in [2.75, 3.05) is 31.5 Å². The lowest BCUT2D eigenvalue weighted by molar-refractivity contribution is 0.102. The van der Waals surface area contributed by atoms with E-state index < -0.39 is 0 Å². The van der Waals surface area contributed by atoms with Crippen molar-refractivity contribution in [3.05, 3.63) is 76.3 Å². The van der Waals surface area contributed by atoms with Crippen molar-refractivity contribution in [2.24, 2.45) is 0 Å². The fraction of sp³-hybridized carbons (Fsp3) is 0.323. The Kier molecular flexibility index (Phi) is 7.45. The molecule has 0 bridgehead atoms. The number of nitrogens with zero attached hydrogens (tertiary/aromatic N) is 6. The number of anilines is 3. The fourth-order valence-corrected chi connectivity index (χ4v) is 5.64. The van der Waals surface area contributed by atoms with Gasteiger partial charge < -0.3 is 29.2 Å². The smallest absolute Gasteiger partial charge is 0.257 e. The number of ether oxygens (including phenoxy) is 2. The molecule has 0 radical (unpaired) electrons. The van der Waals surface area contributed by atoms with Crippen LogP contribution in [0.2, 0.25) is 0 Å². The van der Waals surface area contributed by atoms with E-state index in [1.165, 1.54) is 0 Å².